The Balaban J connectivity index is 0.000000219. The molecule has 1 aromatic heterocycles. The Morgan fingerprint density at radius 3 is 2.22 bits per heavy atom. The van der Waals surface area contributed by atoms with Crippen molar-refractivity contribution in [1.29, 1.82) is 0 Å². The number of fused-ring (bicyclic) bond motifs is 2. The molecule has 0 atom stereocenters. The average Bonchev–Trinajstić information content (AvgIpc) is 2.66. The van der Waals surface area contributed by atoms with E-state index in [0.717, 1.165) is 17.2 Å². The number of amides is 2. The minimum atomic E-state index is -2.84. The lowest BCUT2D eigenvalue weighted by atomic mass is 10.2. The first-order valence-corrected chi connectivity index (χ1v) is 8.52. The number of nitrogens with one attached hydrogen (secondary N) is 1. The molecule has 2 aliphatic rings. The number of nitrogens with zero attached hydrogens (tertiary/aromatic N) is 3. The molecular formula is C15H16N4O7S. The molecule has 2 aliphatic heterocycles. The first kappa shape index (κ1) is 19.9. The third kappa shape index (κ3) is 5.54. The van der Waals surface area contributed by atoms with E-state index in [1.54, 1.807) is 0 Å². The Morgan fingerprint density at radius 1 is 1.19 bits per heavy atom. The molecule has 2 bridgehead atoms. The highest BCUT2D eigenvalue weighted by Gasteiger charge is 2.21. The Bertz CT molecular complexity index is 912. The maximum absolute atomic E-state index is 11.0. The topological polar surface area (TPSA) is 138 Å². The van der Waals surface area contributed by atoms with E-state index in [1.807, 2.05) is 30.4 Å². The Hall–Kier alpha value is -3.41. The van der Waals surface area contributed by atoms with Crippen LogP contribution in [0.3, 0.4) is 0 Å². The van der Waals surface area contributed by atoms with Crippen molar-refractivity contribution >= 4 is 22.5 Å². The van der Waals surface area contributed by atoms with Gasteiger partial charge in [0.1, 0.15) is 0 Å². The summed E-state index contributed by atoms with van der Waals surface area (Å²) in [6, 6.07) is 6.03. The van der Waals surface area contributed by atoms with Gasteiger partial charge in [0.05, 0.1) is 26.9 Å². The van der Waals surface area contributed by atoms with Crippen LogP contribution in [-0.2, 0) is 10.5 Å². The number of para-hydroxylation sites is 1. The largest absolute Gasteiger partial charge is 0.487 e. The van der Waals surface area contributed by atoms with Crippen molar-refractivity contribution in [3.05, 3.63) is 24.3 Å². The van der Waals surface area contributed by atoms with E-state index < -0.39 is 16.5 Å². The first-order chi connectivity index (χ1) is 13.0. The zero-order valence-electron chi connectivity index (χ0n) is 14.6. The molecule has 3 heterocycles. The molecule has 0 saturated carbocycles. The van der Waals surface area contributed by atoms with Gasteiger partial charge >= 0.3 is 16.5 Å². The van der Waals surface area contributed by atoms with Gasteiger partial charge in [-0.1, -0.05) is 10.4 Å². The standard InChI is InChI=1S/C8H8O2.C7H8N4O5S/c1-2-9-8-6-4-3-5-7(8)10-6;1-15-4-3-5(16-2)9-6(8-4)10-7(12)11-17(13)14/h3-5H,2H2,1H3;3H,1-2H3,(H,8,9,10,12). The van der Waals surface area contributed by atoms with Crippen LogP contribution in [-0.4, -0.2) is 45.2 Å². The number of anilines is 1. The number of methoxy groups -OCH3 is 2. The van der Waals surface area contributed by atoms with E-state index >= 15 is 0 Å². The number of carbonyl (C=O) groups is 1. The van der Waals surface area contributed by atoms with Crippen molar-refractivity contribution in [1.82, 2.24) is 9.97 Å². The Labute approximate surface area is 156 Å². The second kappa shape index (κ2) is 9.33. The van der Waals surface area contributed by atoms with Gasteiger partial charge in [-0.05, 0) is 19.1 Å². The van der Waals surface area contributed by atoms with Crippen molar-refractivity contribution in [2.75, 3.05) is 26.1 Å². The molecule has 2 aromatic rings. The minimum Gasteiger partial charge on any atom is -0.487 e. The zero-order valence-corrected chi connectivity index (χ0v) is 15.4. The lowest BCUT2D eigenvalue weighted by molar-refractivity contribution is 0.259. The number of ether oxygens (including phenoxy) is 4. The van der Waals surface area contributed by atoms with Gasteiger partial charge in [-0.25, -0.2) is 4.79 Å². The number of carbonyl (C=O) groups excluding carboxylic acids is 1. The molecule has 11 nitrogen and oxygen atoms in total. The summed E-state index contributed by atoms with van der Waals surface area (Å²) in [5.41, 5.74) is 0. The molecule has 12 heteroatoms. The van der Waals surface area contributed by atoms with E-state index in [0.29, 0.717) is 6.61 Å². The Morgan fingerprint density at radius 2 is 1.78 bits per heavy atom. The van der Waals surface area contributed by atoms with E-state index in [4.69, 9.17) is 18.9 Å². The summed E-state index contributed by atoms with van der Waals surface area (Å²) < 4.78 is 43.0. The van der Waals surface area contributed by atoms with Crippen LogP contribution in [0.1, 0.15) is 6.92 Å². The van der Waals surface area contributed by atoms with E-state index in [2.05, 4.69) is 14.3 Å². The highest BCUT2D eigenvalue weighted by molar-refractivity contribution is 7.62. The minimum absolute atomic E-state index is 0.149. The monoisotopic (exact) mass is 396 g/mol. The normalized spacial score (nSPS) is 10.2. The second-order valence-corrected chi connectivity index (χ2v) is 5.25. The van der Waals surface area contributed by atoms with Crippen LogP contribution in [0.4, 0.5) is 10.7 Å². The highest BCUT2D eigenvalue weighted by Crippen LogP contribution is 2.49. The smallest absolute Gasteiger partial charge is 0.362 e. The van der Waals surface area contributed by atoms with Gasteiger partial charge in [-0.3, -0.25) is 5.32 Å². The van der Waals surface area contributed by atoms with Crippen LogP contribution < -0.4 is 24.3 Å². The van der Waals surface area contributed by atoms with Gasteiger partial charge < -0.3 is 18.9 Å². The SMILES string of the molecule is CCOc1c2cccc1O2.COc1cc(OC)nc(NC(=O)N=S(=O)=O)n1. The molecule has 0 unspecified atom stereocenters. The van der Waals surface area contributed by atoms with Crippen LogP contribution in [0.15, 0.2) is 28.6 Å². The molecule has 4 rings (SSSR count). The maximum atomic E-state index is 11.0. The number of urea groups is 1. The zero-order chi connectivity index (χ0) is 19.8. The number of hydrogen-bond donors (Lipinski definition) is 1. The van der Waals surface area contributed by atoms with E-state index in [9.17, 15) is 13.2 Å². The molecule has 1 N–H and O–H groups in total. The molecule has 1 aromatic carbocycles. The summed E-state index contributed by atoms with van der Waals surface area (Å²) in [6.07, 6.45) is 0. The number of benzene rings is 1. The fourth-order valence-electron chi connectivity index (χ4n) is 1.87. The van der Waals surface area contributed by atoms with Gasteiger partial charge in [0.15, 0.2) is 11.5 Å². The summed E-state index contributed by atoms with van der Waals surface area (Å²) in [4.78, 5) is 18.5. The quantitative estimate of drug-likeness (QED) is 0.688. The number of hydrogen-bond acceptors (Lipinski definition) is 9. The van der Waals surface area contributed by atoms with E-state index in [1.165, 1.54) is 20.3 Å². The lowest BCUT2D eigenvalue weighted by Gasteiger charge is -2.22. The van der Waals surface area contributed by atoms with Crippen molar-refractivity contribution in [2.45, 2.75) is 6.92 Å². The molecule has 2 amide bonds. The third-order valence-corrected chi connectivity index (χ3v) is 3.24. The summed E-state index contributed by atoms with van der Waals surface area (Å²) in [6.45, 7) is 2.67. The molecule has 0 aliphatic carbocycles. The van der Waals surface area contributed by atoms with Crippen molar-refractivity contribution < 1.29 is 32.2 Å². The lowest BCUT2D eigenvalue weighted by Crippen LogP contribution is -2.10. The van der Waals surface area contributed by atoms with Crippen molar-refractivity contribution in [3.63, 3.8) is 0 Å². The first-order valence-electron chi connectivity index (χ1n) is 7.49. The highest BCUT2D eigenvalue weighted by atomic mass is 32.2. The fourth-order valence-corrected chi connectivity index (χ4v) is 2.05. The molecule has 0 fully saturated rings. The average molecular weight is 396 g/mol. The van der Waals surface area contributed by atoms with Crippen LogP contribution in [0.2, 0.25) is 0 Å². The number of aromatic nitrogens is 2. The molecule has 144 valence electrons. The summed E-state index contributed by atoms with van der Waals surface area (Å²) in [5, 5.41) is 2.04. The summed E-state index contributed by atoms with van der Waals surface area (Å²) >= 11 is 0. The van der Waals surface area contributed by atoms with Gasteiger partial charge in [0.2, 0.25) is 23.5 Å². The molecule has 0 saturated heterocycles. The van der Waals surface area contributed by atoms with Gasteiger partial charge in [-0.15, -0.1) is 0 Å². The van der Waals surface area contributed by atoms with Crippen LogP contribution in [0, 0.1) is 0 Å². The third-order valence-electron chi connectivity index (χ3n) is 2.92. The van der Waals surface area contributed by atoms with Crippen LogP contribution in [0.5, 0.6) is 29.0 Å². The van der Waals surface area contributed by atoms with E-state index in [-0.39, 0.29) is 17.7 Å². The van der Waals surface area contributed by atoms with Gasteiger partial charge in [-0.2, -0.15) is 18.4 Å². The second-order valence-electron chi connectivity index (χ2n) is 4.63. The van der Waals surface area contributed by atoms with Crippen molar-refractivity contribution in [3.8, 4) is 29.0 Å². The molecular weight excluding hydrogens is 380 g/mol. The number of rotatable bonds is 5. The van der Waals surface area contributed by atoms with Crippen LogP contribution in [0.25, 0.3) is 0 Å². The summed E-state index contributed by atoms with van der Waals surface area (Å²) in [5.74, 6) is 2.75. The maximum Gasteiger partial charge on any atom is 0.362 e. The molecule has 27 heavy (non-hydrogen) atoms. The molecule has 0 radical (unpaired) electrons. The van der Waals surface area contributed by atoms with Crippen molar-refractivity contribution in [2.24, 2.45) is 4.36 Å². The predicted octanol–water partition coefficient (Wildman–Crippen LogP) is 2.28. The predicted molar refractivity (Wildman–Crippen MR) is 93.2 cm³/mol. The summed E-state index contributed by atoms with van der Waals surface area (Å²) in [7, 11) is -0.108. The fraction of sp³-hybridized carbons (Fsp3) is 0.267. The Kier molecular flexibility index (Phi) is 6.88. The van der Waals surface area contributed by atoms with Gasteiger partial charge in [0.25, 0.3) is 0 Å². The molecule has 0 spiro atoms. The van der Waals surface area contributed by atoms with Gasteiger partial charge in [0, 0.05) is 0 Å². The van der Waals surface area contributed by atoms with Crippen LogP contribution >= 0.6 is 0 Å².